The molecule has 5 nitrogen and oxygen atoms in total. The molecule has 1 N–H and O–H groups in total. The van der Waals surface area contributed by atoms with Gasteiger partial charge in [-0.05, 0) is 50.1 Å². The van der Waals surface area contributed by atoms with Crippen molar-refractivity contribution in [2.45, 2.75) is 26.0 Å². The fourth-order valence-electron chi connectivity index (χ4n) is 2.09. The van der Waals surface area contributed by atoms with Gasteiger partial charge in [0.05, 0.1) is 17.4 Å². The van der Waals surface area contributed by atoms with E-state index in [0.717, 1.165) is 15.6 Å². The summed E-state index contributed by atoms with van der Waals surface area (Å²) < 4.78 is 32.3. The van der Waals surface area contributed by atoms with Crippen molar-refractivity contribution in [1.82, 2.24) is 4.72 Å². The van der Waals surface area contributed by atoms with E-state index < -0.39 is 21.2 Å². The van der Waals surface area contributed by atoms with Gasteiger partial charge in [0.2, 0.25) is 10.0 Å². The number of carbonyl (C=O) groups excluding carboxylic acids is 1. The number of sulfonamides is 1. The van der Waals surface area contributed by atoms with Crippen molar-refractivity contribution >= 4 is 43.6 Å². The van der Waals surface area contributed by atoms with Gasteiger partial charge in [0.1, 0.15) is 0 Å². The first-order valence-corrected chi connectivity index (χ1v) is 9.50. The fraction of sp³-hybridized carbons (Fsp3) is 0.312. The molecule has 0 heterocycles. The van der Waals surface area contributed by atoms with E-state index in [2.05, 4.69) is 20.7 Å². The molecule has 7 heteroatoms. The van der Waals surface area contributed by atoms with Crippen molar-refractivity contribution in [3.8, 4) is 0 Å². The Hall–Kier alpha value is -1.60. The molecule has 0 atom stereocenters. The van der Waals surface area contributed by atoms with Crippen LogP contribution in [0.1, 0.15) is 31.9 Å². The van der Waals surface area contributed by atoms with Gasteiger partial charge in [-0.25, -0.2) is 13.2 Å². The lowest BCUT2D eigenvalue weighted by Gasteiger charge is -2.11. The lowest BCUT2D eigenvalue weighted by atomic mass is 10.0. The van der Waals surface area contributed by atoms with Crippen LogP contribution in [0.5, 0.6) is 0 Å². The second-order valence-corrected chi connectivity index (χ2v) is 8.46. The van der Waals surface area contributed by atoms with Crippen LogP contribution >= 0.6 is 15.9 Å². The molecule has 1 aromatic carbocycles. The van der Waals surface area contributed by atoms with Crippen molar-refractivity contribution in [2.24, 2.45) is 0 Å². The summed E-state index contributed by atoms with van der Waals surface area (Å²) in [5.41, 5.74) is 2.46. The van der Waals surface area contributed by atoms with Gasteiger partial charge < -0.3 is 4.74 Å². The number of fused-ring (bicyclic) bond motifs is 1. The minimum absolute atomic E-state index is 0.251. The van der Waals surface area contributed by atoms with Crippen LogP contribution in [-0.2, 0) is 19.6 Å². The van der Waals surface area contributed by atoms with Gasteiger partial charge in [0.15, 0.2) is 0 Å². The number of halogens is 1. The Labute approximate surface area is 144 Å². The van der Waals surface area contributed by atoms with E-state index in [1.807, 2.05) is 18.2 Å². The zero-order valence-corrected chi connectivity index (χ0v) is 15.5. The fourth-order valence-corrected chi connectivity index (χ4v) is 3.02. The third-order valence-electron chi connectivity index (χ3n) is 3.38. The summed E-state index contributed by atoms with van der Waals surface area (Å²) in [7, 11) is -3.47. The van der Waals surface area contributed by atoms with E-state index in [-0.39, 0.29) is 6.61 Å². The monoisotopic (exact) mass is 399 g/mol. The van der Waals surface area contributed by atoms with Gasteiger partial charge in [-0.15, -0.1) is 0 Å². The average molecular weight is 400 g/mol. The zero-order valence-electron chi connectivity index (χ0n) is 13.1. The number of carbonyl (C=O) groups is 1. The minimum atomic E-state index is -3.47. The first kappa shape index (κ1) is 17.7. The summed E-state index contributed by atoms with van der Waals surface area (Å²) in [5, 5.41) is -0.569. The van der Waals surface area contributed by atoms with Gasteiger partial charge in [0, 0.05) is 16.2 Å². The standard InChI is InChI=1S/C16H18BrNO4S/c1-4-22-16(19)14-8-11-7-12(17)5-6-13(11)15(14)9-18-23(20,21)10(2)3/h5-10,18H,4H2,1-3H3/b15-9-. The zero-order chi connectivity index (χ0) is 17.2. The third-order valence-corrected chi connectivity index (χ3v) is 5.56. The largest absolute Gasteiger partial charge is 0.462 e. The predicted octanol–water partition coefficient (Wildman–Crippen LogP) is 3.08. The number of ether oxygens (including phenoxy) is 1. The molecule has 1 aliphatic rings. The molecule has 0 bridgehead atoms. The maximum atomic E-state index is 12.1. The van der Waals surface area contributed by atoms with E-state index in [4.69, 9.17) is 4.74 Å². The SMILES string of the molecule is CCOC(=O)C1=Cc2cc(Br)ccc2/C1=C/NS(=O)(=O)C(C)C. The van der Waals surface area contributed by atoms with Crippen molar-refractivity contribution in [1.29, 1.82) is 0 Å². The molecular weight excluding hydrogens is 382 g/mol. The van der Waals surface area contributed by atoms with Crippen LogP contribution in [-0.4, -0.2) is 26.2 Å². The topological polar surface area (TPSA) is 72.5 Å². The van der Waals surface area contributed by atoms with E-state index >= 15 is 0 Å². The average Bonchev–Trinajstić information content (AvgIpc) is 2.83. The maximum absolute atomic E-state index is 12.1. The second-order valence-electron chi connectivity index (χ2n) is 5.28. The van der Waals surface area contributed by atoms with Gasteiger partial charge in [-0.1, -0.05) is 22.0 Å². The van der Waals surface area contributed by atoms with Crippen LogP contribution in [0.3, 0.4) is 0 Å². The minimum Gasteiger partial charge on any atom is -0.462 e. The molecular formula is C16H18BrNO4S. The first-order chi connectivity index (χ1) is 10.8. The molecule has 2 rings (SSSR count). The molecule has 0 amide bonds. The van der Waals surface area contributed by atoms with Crippen molar-refractivity contribution in [3.05, 3.63) is 45.6 Å². The predicted molar refractivity (Wildman–Crippen MR) is 93.9 cm³/mol. The molecule has 0 radical (unpaired) electrons. The summed E-state index contributed by atoms with van der Waals surface area (Å²) in [6, 6.07) is 5.54. The Morgan fingerprint density at radius 3 is 2.70 bits per heavy atom. The number of esters is 1. The van der Waals surface area contributed by atoms with E-state index in [0.29, 0.717) is 11.1 Å². The molecule has 0 fully saturated rings. The Balaban J connectivity index is 2.46. The van der Waals surface area contributed by atoms with Gasteiger partial charge in [-0.2, -0.15) is 0 Å². The Bertz CT molecular complexity index is 794. The highest BCUT2D eigenvalue weighted by Crippen LogP contribution is 2.37. The van der Waals surface area contributed by atoms with Crippen LogP contribution < -0.4 is 4.72 Å². The number of rotatable bonds is 5. The lowest BCUT2D eigenvalue weighted by Crippen LogP contribution is -2.27. The Kier molecular flexibility index (Phi) is 5.31. The molecule has 0 aromatic heterocycles. The highest BCUT2D eigenvalue weighted by molar-refractivity contribution is 9.10. The number of nitrogens with one attached hydrogen (secondary N) is 1. The van der Waals surface area contributed by atoms with Crippen LogP contribution in [0.15, 0.2) is 34.4 Å². The summed E-state index contributed by atoms with van der Waals surface area (Å²) in [6.45, 7) is 5.15. The van der Waals surface area contributed by atoms with Crippen molar-refractivity contribution in [3.63, 3.8) is 0 Å². The second kappa shape index (κ2) is 6.88. The molecule has 1 aliphatic carbocycles. The molecule has 124 valence electrons. The highest BCUT2D eigenvalue weighted by atomic mass is 79.9. The molecule has 1 aromatic rings. The number of benzene rings is 1. The number of hydrogen-bond donors (Lipinski definition) is 1. The third kappa shape index (κ3) is 3.84. The molecule has 0 spiro atoms. The van der Waals surface area contributed by atoms with Gasteiger partial charge in [-0.3, -0.25) is 4.72 Å². The molecule has 0 saturated carbocycles. The molecule has 0 aliphatic heterocycles. The van der Waals surface area contributed by atoms with E-state index in [9.17, 15) is 13.2 Å². The number of hydrogen-bond acceptors (Lipinski definition) is 4. The van der Waals surface area contributed by atoms with Crippen LogP contribution in [0.2, 0.25) is 0 Å². The van der Waals surface area contributed by atoms with E-state index in [1.54, 1.807) is 26.8 Å². The van der Waals surface area contributed by atoms with Crippen LogP contribution in [0.4, 0.5) is 0 Å². The van der Waals surface area contributed by atoms with Crippen molar-refractivity contribution < 1.29 is 17.9 Å². The summed E-state index contributed by atoms with van der Waals surface area (Å²) in [6.07, 6.45) is 3.06. The van der Waals surface area contributed by atoms with Gasteiger partial charge in [0.25, 0.3) is 0 Å². The molecule has 23 heavy (non-hydrogen) atoms. The van der Waals surface area contributed by atoms with Gasteiger partial charge >= 0.3 is 5.97 Å². The molecule has 0 unspecified atom stereocenters. The van der Waals surface area contributed by atoms with Crippen LogP contribution in [0, 0.1) is 0 Å². The first-order valence-electron chi connectivity index (χ1n) is 7.16. The van der Waals surface area contributed by atoms with Crippen molar-refractivity contribution in [2.75, 3.05) is 6.61 Å². The Morgan fingerprint density at radius 2 is 2.09 bits per heavy atom. The molecule has 0 saturated heterocycles. The summed E-state index contributed by atoms with van der Waals surface area (Å²) in [4.78, 5) is 12.1. The van der Waals surface area contributed by atoms with Crippen LogP contribution in [0.25, 0.3) is 11.6 Å². The maximum Gasteiger partial charge on any atom is 0.338 e. The Morgan fingerprint density at radius 1 is 1.39 bits per heavy atom. The summed E-state index contributed by atoms with van der Waals surface area (Å²) in [5.74, 6) is -0.477. The lowest BCUT2D eigenvalue weighted by molar-refractivity contribution is -0.137. The van der Waals surface area contributed by atoms with E-state index in [1.165, 1.54) is 6.20 Å². The normalized spacial score (nSPS) is 15.5. The smallest absolute Gasteiger partial charge is 0.338 e. The highest BCUT2D eigenvalue weighted by Gasteiger charge is 2.26. The summed E-state index contributed by atoms with van der Waals surface area (Å²) >= 11 is 3.39. The quantitative estimate of drug-likeness (QED) is 0.772.